The maximum absolute atomic E-state index is 11.9. The van der Waals surface area contributed by atoms with E-state index in [2.05, 4.69) is 32.1 Å². The molecule has 0 spiro atoms. The molecule has 0 saturated carbocycles. The quantitative estimate of drug-likeness (QED) is 0.555. The Morgan fingerprint density at radius 3 is 2.05 bits per heavy atom. The van der Waals surface area contributed by atoms with Crippen LogP contribution in [0.15, 0.2) is 59.1 Å². The molecule has 112 valence electrons. The summed E-state index contributed by atoms with van der Waals surface area (Å²) in [6, 6.07) is 15.5. The lowest BCUT2D eigenvalue weighted by atomic mass is 10.2. The Morgan fingerprint density at radius 1 is 0.818 bits per heavy atom. The Hall–Kier alpha value is -2.25. The van der Waals surface area contributed by atoms with Crippen LogP contribution in [0.25, 0.3) is 0 Å². The van der Waals surface area contributed by atoms with Crippen molar-refractivity contribution in [3.63, 3.8) is 0 Å². The van der Waals surface area contributed by atoms with E-state index in [9.17, 15) is 9.59 Å². The summed E-state index contributed by atoms with van der Waals surface area (Å²) < 4.78 is 0.877. The Labute approximate surface area is 141 Å². The summed E-state index contributed by atoms with van der Waals surface area (Å²) >= 11 is 8.24. The Morgan fingerprint density at radius 2 is 1.41 bits per heavy atom. The first-order valence-corrected chi connectivity index (χ1v) is 7.48. The van der Waals surface area contributed by atoms with E-state index in [1.165, 1.54) is 0 Å². The highest BCUT2D eigenvalue weighted by Gasteiger charge is 2.08. The Balaban J connectivity index is 1.84. The number of thiocarbonyl (C=S) groups is 1. The predicted molar refractivity (Wildman–Crippen MR) is 91.3 cm³/mol. The molecular formula is C15H12BrN3O2S. The molecule has 0 aromatic heterocycles. The highest BCUT2D eigenvalue weighted by atomic mass is 79.9. The van der Waals surface area contributed by atoms with Crippen molar-refractivity contribution in [2.75, 3.05) is 0 Å². The van der Waals surface area contributed by atoms with Crippen molar-refractivity contribution < 1.29 is 9.59 Å². The number of hydrogen-bond donors (Lipinski definition) is 3. The van der Waals surface area contributed by atoms with Gasteiger partial charge in [-0.2, -0.15) is 0 Å². The number of benzene rings is 2. The number of rotatable bonds is 2. The van der Waals surface area contributed by atoms with E-state index >= 15 is 0 Å². The smallest absolute Gasteiger partial charge is 0.269 e. The van der Waals surface area contributed by atoms with Gasteiger partial charge in [-0.05, 0) is 48.6 Å². The largest absolute Gasteiger partial charge is 0.298 e. The van der Waals surface area contributed by atoms with E-state index in [1.807, 2.05) is 6.07 Å². The lowest BCUT2D eigenvalue weighted by Gasteiger charge is -2.10. The third-order valence-corrected chi connectivity index (χ3v) is 3.39. The zero-order chi connectivity index (χ0) is 15.9. The predicted octanol–water partition coefficient (Wildman–Crippen LogP) is 2.40. The van der Waals surface area contributed by atoms with Gasteiger partial charge in [0.15, 0.2) is 5.11 Å². The van der Waals surface area contributed by atoms with E-state index in [0.717, 1.165) is 4.47 Å². The lowest BCUT2D eigenvalue weighted by molar-refractivity contribution is 0.0934. The highest BCUT2D eigenvalue weighted by Crippen LogP contribution is 2.10. The van der Waals surface area contributed by atoms with Gasteiger partial charge in [-0.1, -0.05) is 34.1 Å². The maximum Gasteiger partial charge on any atom is 0.269 e. The molecule has 0 aliphatic carbocycles. The molecule has 2 amide bonds. The average molecular weight is 378 g/mol. The van der Waals surface area contributed by atoms with Crippen LogP contribution < -0.4 is 16.2 Å². The molecular weight excluding hydrogens is 366 g/mol. The molecule has 0 bridgehead atoms. The number of amides is 2. The van der Waals surface area contributed by atoms with Gasteiger partial charge in [0.1, 0.15) is 0 Å². The fourth-order valence-corrected chi connectivity index (χ4v) is 1.99. The molecule has 0 fully saturated rings. The molecule has 0 unspecified atom stereocenters. The monoisotopic (exact) mass is 377 g/mol. The van der Waals surface area contributed by atoms with Crippen LogP contribution in [0.1, 0.15) is 20.7 Å². The summed E-state index contributed by atoms with van der Waals surface area (Å²) in [4.78, 5) is 23.7. The number of carbonyl (C=O) groups excluding carboxylic acids is 2. The number of hydrogen-bond acceptors (Lipinski definition) is 3. The molecule has 7 heteroatoms. The number of halogens is 1. The van der Waals surface area contributed by atoms with Crippen LogP contribution in [-0.4, -0.2) is 16.9 Å². The van der Waals surface area contributed by atoms with Gasteiger partial charge in [0.05, 0.1) is 0 Å². The molecule has 0 radical (unpaired) electrons. The van der Waals surface area contributed by atoms with Gasteiger partial charge < -0.3 is 0 Å². The lowest BCUT2D eigenvalue weighted by Crippen LogP contribution is -2.48. The minimum Gasteiger partial charge on any atom is -0.298 e. The van der Waals surface area contributed by atoms with Crippen molar-refractivity contribution in [2.24, 2.45) is 0 Å². The zero-order valence-corrected chi connectivity index (χ0v) is 13.7. The normalized spacial score (nSPS) is 9.68. The van der Waals surface area contributed by atoms with E-state index < -0.39 is 0 Å². The summed E-state index contributed by atoms with van der Waals surface area (Å²) in [5.41, 5.74) is 5.84. The third kappa shape index (κ3) is 4.64. The highest BCUT2D eigenvalue weighted by molar-refractivity contribution is 9.10. The maximum atomic E-state index is 11.9. The number of carbonyl (C=O) groups is 2. The van der Waals surface area contributed by atoms with Gasteiger partial charge in [0.25, 0.3) is 11.8 Å². The van der Waals surface area contributed by atoms with Gasteiger partial charge in [-0.25, -0.2) is 0 Å². The second kappa shape index (κ2) is 7.67. The van der Waals surface area contributed by atoms with E-state index in [0.29, 0.717) is 11.1 Å². The van der Waals surface area contributed by atoms with Crippen LogP contribution in [-0.2, 0) is 0 Å². The molecule has 2 rings (SSSR count). The minimum absolute atomic E-state index is 0.0133. The summed E-state index contributed by atoms with van der Waals surface area (Å²) in [5, 5.41) is 2.48. The second-order valence-electron chi connectivity index (χ2n) is 4.24. The SMILES string of the molecule is O=C(NNC(=S)NC(=O)c1ccccc1)c1ccc(Br)cc1. The first-order valence-electron chi connectivity index (χ1n) is 6.28. The molecule has 0 heterocycles. The second-order valence-corrected chi connectivity index (χ2v) is 5.56. The fourth-order valence-electron chi connectivity index (χ4n) is 1.58. The Bertz CT molecular complexity index is 690. The van der Waals surface area contributed by atoms with Crippen LogP contribution in [0, 0.1) is 0 Å². The van der Waals surface area contributed by atoms with Gasteiger partial charge in [-0.15, -0.1) is 0 Å². The molecule has 0 atom stereocenters. The molecule has 2 aromatic rings. The van der Waals surface area contributed by atoms with Crippen molar-refractivity contribution in [1.82, 2.24) is 16.2 Å². The first-order chi connectivity index (χ1) is 10.6. The van der Waals surface area contributed by atoms with Crippen molar-refractivity contribution in [1.29, 1.82) is 0 Å². The molecule has 22 heavy (non-hydrogen) atoms. The van der Waals surface area contributed by atoms with E-state index in [4.69, 9.17) is 12.2 Å². The van der Waals surface area contributed by atoms with Gasteiger partial charge >= 0.3 is 0 Å². The van der Waals surface area contributed by atoms with Crippen molar-refractivity contribution in [3.8, 4) is 0 Å². The van der Waals surface area contributed by atoms with Crippen LogP contribution >= 0.6 is 28.1 Å². The number of nitrogens with one attached hydrogen (secondary N) is 3. The van der Waals surface area contributed by atoms with Gasteiger partial charge in [0.2, 0.25) is 0 Å². The summed E-state index contributed by atoms with van der Waals surface area (Å²) in [7, 11) is 0. The molecule has 5 nitrogen and oxygen atoms in total. The third-order valence-electron chi connectivity index (χ3n) is 2.66. The molecule has 2 aromatic carbocycles. The van der Waals surface area contributed by atoms with Crippen molar-refractivity contribution in [2.45, 2.75) is 0 Å². The van der Waals surface area contributed by atoms with Gasteiger partial charge in [0, 0.05) is 15.6 Å². The van der Waals surface area contributed by atoms with Crippen molar-refractivity contribution in [3.05, 3.63) is 70.2 Å². The van der Waals surface area contributed by atoms with E-state index in [-0.39, 0.29) is 16.9 Å². The first kappa shape index (κ1) is 16.1. The zero-order valence-electron chi connectivity index (χ0n) is 11.3. The van der Waals surface area contributed by atoms with E-state index in [1.54, 1.807) is 48.5 Å². The van der Waals surface area contributed by atoms with Crippen LogP contribution in [0.2, 0.25) is 0 Å². The Kier molecular flexibility index (Phi) is 5.62. The van der Waals surface area contributed by atoms with Crippen LogP contribution in [0.5, 0.6) is 0 Å². The van der Waals surface area contributed by atoms with Crippen LogP contribution in [0.3, 0.4) is 0 Å². The van der Waals surface area contributed by atoms with Crippen molar-refractivity contribution >= 4 is 45.1 Å². The summed E-state index contributed by atoms with van der Waals surface area (Å²) in [6.45, 7) is 0. The molecule has 0 saturated heterocycles. The summed E-state index contributed by atoms with van der Waals surface area (Å²) in [6.07, 6.45) is 0. The average Bonchev–Trinajstić information content (AvgIpc) is 2.54. The molecule has 0 aliphatic heterocycles. The standard InChI is InChI=1S/C15H12BrN3O2S/c16-12-8-6-11(7-9-12)14(21)18-19-15(22)17-13(20)10-4-2-1-3-5-10/h1-9H,(H,18,21)(H2,17,19,20,22). The number of hydrazine groups is 1. The van der Waals surface area contributed by atoms with Crippen LogP contribution in [0.4, 0.5) is 0 Å². The molecule has 3 N–H and O–H groups in total. The fraction of sp³-hybridized carbons (Fsp3) is 0. The summed E-state index contributed by atoms with van der Waals surface area (Å²) in [5.74, 6) is -0.709. The topological polar surface area (TPSA) is 70.2 Å². The minimum atomic E-state index is -0.358. The molecule has 0 aliphatic rings. The van der Waals surface area contributed by atoms with Gasteiger partial charge in [-0.3, -0.25) is 25.8 Å².